The summed E-state index contributed by atoms with van der Waals surface area (Å²) in [6.07, 6.45) is 8.56. The van der Waals surface area contributed by atoms with Gasteiger partial charge in [-0.3, -0.25) is 4.79 Å². The highest BCUT2D eigenvalue weighted by Crippen LogP contribution is 2.32. The van der Waals surface area contributed by atoms with Crippen molar-refractivity contribution < 1.29 is 9.53 Å². The van der Waals surface area contributed by atoms with Crippen LogP contribution in [0.3, 0.4) is 0 Å². The fraction of sp³-hybridized carbons (Fsp3) is 0.737. The highest BCUT2D eigenvalue weighted by atomic mass is 16.5. The summed E-state index contributed by atoms with van der Waals surface area (Å²) in [7, 11) is 1.84. The Kier molecular flexibility index (Phi) is 6.29. The van der Waals surface area contributed by atoms with Crippen LogP contribution in [0.15, 0.2) is 12.4 Å². The molecule has 1 saturated heterocycles. The van der Waals surface area contributed by atoms with Gasteiger partial charge in [-0.2, -0.15) is 0 Å². The first-order chi connectivity index (χ1) is 12.6. The number of likely N-dealkylation sites (N-methyl/N-ethyl adjacent to an activating group) is 1. The molecule has 0 radical (unpaired) electrons. The normalized spacial score (nSPS) is 20.3. The molecule has 0 bridgehead atoms. The van der Waals surface area contributed by atoms with Gasteiger partial charge in [0.1, 0.15) is 18.0 Å². The van der Waals surface area contributed by atoms with Gasteiger partial charge in [0.15, 0.2) is 0 Å². The number of anilines is 2. The molecule has 3 rings (SSSR count). The Morgan fingerprint density at radius 1 is 1.23 bits per heavy atom. The summed E-state index contributed by atoms with van der Waals surface area (Å²) in [4.78, 5) is 24.4. The lowest BCUT2D eigenvalue weighted by atomic mass is 9.84. The van der Waals surface area contributed by atoms with Gasteiger partial charge in [0.2, 0.25) is 5.91 Å². The van der Waals surface area contributed by atoms with Crippen molar-refractivity contribution in [3.63, 3.8) is 0 Å². The summed E-state index contributed by atoms with van der Waals surface area (Å²) >= 11 is 0. The van der Waals surface area contributed by atoms with E-state index in [1.54, 1.807) is 11.2 Å². The number of ether oxygens (including phenoxy) is 1. The van der Waals surface area contributed by atoms with Gasteiger partial charge < -0.3 is 19.9 Å². The third-order valence-corrected chi connectivity index (χ3v) is 5.40. The summed E-state index contributed by atoms with van der Waals surface area (Å²) in [5.74, 6) is 1.72. The predicted molar refractivity (Wildman–Crippen MR) is 102 cm³/mol. The highest BCUT2D eigenvalue weighted by molar-refractivity contribution is 5.82. The third-order valence-electron chi connectivity index (χ3n) is 5.40. The van der Waals surface area contributed by atoms with Crippen molar-refractivity contribution in [3.05, 3.63) is 12.4 Å². The smallest absolute Gasteiger partial charge is 0.241 e. The predicted octanol–water partition coefficient (Wildman–Crippen LogP) is 2.30. The van der Waals surface area contributed by atoms with Crippen molar-refractivity contribution >= 4 is 17.5 Å². The molecule has 2 aliphatic rings. The molecule has 1 aliphatic carbocycles. The molecular formula is C19H31N5O2. The molecule has 7 nitrogen and oxygen atoms in total. The minimum absolute atomic E-state index is 0.0802. The van der Waals surface area contributed by atoms with E-state index in [0.717, 1.165) is 57.1 Å². The molecule has 0 aromatic carbocycles. The number of nitrogens with zero attached hydrogens (tertiary/aromatic N) is 4. The molecule has 1 aliphatic heterocycles. The van der Waals surface area contributed by atoms with Crippen molar-refractivity contribution in [3.8, 4) is 0 Å². The van der Waals surface area contributed by atoms with E-state index in [2.05, 4.69) is 22.2 Å². The maximum atomic E-state index is 11.9. The summed E-state index contributed by atoms with van der Waals surface area (Å²) in [5, 5.41) is 3.47. The van der Waals surface area contributed by atoms with Crippen LogP contribution in [0.5, 0.6) is 0 Å². The van der Waals surface area contributed by atoms with E-state index >= 15 is 0 Å². The molecule has 0 spiro atoms. The molecule has 1 saturated carbocycles. The lowest BCUT2D eigenvalue weighted by Gasteiger charge is -2.37. The van der Waals surface area contributed by atoms with Gasteiger partial charge in [-0.05, 0) is 19.3 Å². The molecule has 1 N–H and O–H groups in total. The van der Waals surface area contributed by atoms with Crippen LogP contribution in [-0.4, -0.2) is 66.2 Å². The molecule has 26 heavy (non-hydrogen) atoms. The summed E-state index contributed by atoms with van der Waals surface area (Å²) in [6, 6.07) is 1.94. The number of hydrogen-bond acceptors (Lipinski definition) is 6. The number of carbonyl (C=O) groups is 1. The lowest BCUT2D eigenvalue weighted by Crippen LogP contribution is -2.48. The number of nitrogens with one attached hydrogen (secondary N) is 1. The third kappa shape index (κ3) is 4.63. The van der Waals surface area contributed by atoms with Gasteiger partial charge in [-0.15, -0.1) is 0 Å². The standard InChI is InChI=1S/C19H31N5O2/c1-3-11-26-19(7-5-4-6-8-19)14-20-16-12-17(22-15-21-16)24-10-9-23(2)18(25)13-24/h12,15H,3-11,13-14H2,1-2H3,(H,20,21,22). The number of aromatic nitrogens is 2. The number of rotatable bonds is 7. The van der Waals surface area contributed by atoms with Crippen LogP contribution in [-0.2, 0) is 9.53 Å². The maximum absolute atomic E-state index is 11.9. The van der Waals surface area contributed by atoms with E-state index in [1.165, 1.54) is 19.3 Å². The minimum atomic E-state index is -0.0802. The SMILES string of the molecule is CCCOC1(CNc2cc(N3CCN(C)C(=O)C3)ncn2)CCCCC1. The van der Waals surface area contributed by atoms with Crippen molar-refractivity contribution in [2.75, 3.05) is 50.1 Å². The zero-order chi connectivity index (χ0) is 18.4. The average Bonchev–Trinajstić information content (AvgIpc) is 2.68. The van der Waals surface area contributed by atoms with Crippen LogP contribution < -0.4 is 10.2 Å². The van der Waals surface area contributed by atoms with Gasteiger partial charge in [-0.1, -0.05) is 26.2 Å². The Morgan fingerprint density at radius 2 is 2.04 bits per heavy atom. The number of carbonyl (C=O) groups excluding carboxylic acids is 1. The minimum Gasteiger partial charge on any atom is -0.373 e. The van der Waals surface area contributed by atoms with E-state index in [9.17, 15) is 4.79 Å². The Hall–Kier alpha value is -1.89. The topological polar surface area (TPSA) is 70.6 Å². The Balaban J connectivity index is 1.63. The first-order valence-corrected chi connectivity index (χ1v) is 9.81. The molecular weight excluding hydrogens is 330 g/mol. The fourth-order valence-corrected chi connectivity index (χ4v) is 3.71. The van der Waals surface area contributed by atoms with Gasteiger partial charge in [0.05, 0.1) is 12.1 Å². The Bertz CT molecular complexity index is 603. The van der Waals surface area contributed by atoms with E-state index in [0.29, 0.717) is 6.54 Å². The summed E-state index contributed by atoms with van der Waals surface area (Å²) in [5.41, 5.74) is -0.0802. The maximum Gasteiger partial charge on any atom is 0.241 e. The Labute approximate surface area is 156 Å². The van der Waals surface area contributed by atoms with Crippen molar-refractivity contribution in [2.45, 2.75) is 51.0 Å². The van der Waals surface area contributed by atoms with Gasteiger partial charge in [0.25, 0.3) is 0 Å². The van der Waals surface area contributed by atoms with Crippen molar-refractivity contribution in [1.29, 1.82) is 0 Å². The molecule has 1 aromatic heterocycles. The number of hydrogen-bond donors (Lipinski definition) is 1. The molecule has 144 valence electrons. The zero-order valence-electron chi connectivity index (χ0n) is 16.0. The largest absolute Gasteiger partial charge is 0.373 e. The number of piperazine rings is 1. The Morgan fingerprint density at radius 3 is 2.77 bits per heavy atom. The first kappa shape index (κ1) is 18.9. The van der Waals surface area contributed by atoms with Crippen LogP contribution in [0.25, 0.3) is 0 Å². The molecule has 7 heteroatoms. The lowest BCUT2D eigenvalue weighted by molar-refractivity contribution is -0.129. The van der Waals surface area contributed by atoms with Crippen LogP contribution in [0.2, 0.25) is 0 Å². The van der Waals surface area contributed by atoms with Gasteiger partial charge in [-0.25, -0.2) is 9.97 Å². The van der Waals surface area contributed by atoms with Gasteiger partial charge >= 0.3 is 0 Å². The van der Waals surface area contributed by atoms with E-state index in [-0.39, 0.29) is 11.5 Å². The van der Waals surface area contributed by atoms with Crippen molar-refractivity contribution in [1.82, 2.24) is 14.9 Å². The summed E-state index contributed by atoms with van der Waals surface area (Å²) < 4.78 is 6.25. The molecule has 1 aromatic rings. The highest BCUT2D eigenvalue weighted by Gasteiger charge is 2.32. The van der Waals surface area contributed by atoms with E-state index in [4.69, 9.17) is 4.74 Å². The summed E-state index contributed by atoms with van der Waals surface area (Å²) in [6.45, 7) is 5.61. The van der Waals surface area contributed by atoms with Crippen molar-refractivity contribution in [2.24, 2.45) is 0 Å². The zero-order valence-corrected chi connectivity index (χ0v) is 16.0. The average molecular weight is 361 g/mol. The van der Waals surface area contributed by atoms with E-state index < -0.39 is 0 Å². The quantitative estimate of drug-likeness (QED) is 0.803. The second kappa shape index (κ2) is 8.66. The van der Waals surface area contributed by atoms with Crippen LogP contribution in [0.1, 0.15) is 45.4 Å². The monoisotopic (exact) mass is 361 g/mol. The van der Waals surface area contributed by atoms with Crippen LogP contribution in [0, 0.1) is 0 Å². The molecule has 1 amide bonds. The second-order valence-electron chi connectivity index (χ2n) is 7.44. The fourth-order valence-electron chi connectivity index (χ4n) is 3.71. The number of amides is 1. The van der Waals surface area contributed by atoms with Crippen LogP contribution >= 0.6 is 0 Å². The van der Waals surface area contributed by atoms with Crippen LogP contribution in [0.4, 0.5) is 11.6 Å². The molecule has 2 heterocycles. The molecule has 0 unspecified atom stereocenters. The van der Waals surface area contributed by atoms with Gasteiger partial charge in [0, 0.05) is 39.4 Å². The second-order valence-corrected chi connectivity index (χ2v) is 7.44. The molecule has 0 atom stereocenters. The van der Waals surface area contributed by atoms with E-state index in [1.807, 2.05) is 18.0 Å². The first-order valence-electron chi connectivity index (χ1n) is 9.81. The molecule has 2 fully saturated rings.